The molecule has 1 atom stereocenters. The molecule has 1 rings (SSSR count). The molecule has 4 nitrogen and oxygen atoms in total. The number of piperidine rings is 1. The van der Waals surface area contributed by atoms with E-state index in [1.54, 1.807) is 0 Å². The fraction of sp³-hybridized carbons (Fsp3) is 0.889. The minimum absolute atomic E-state index is 0.247. The number of rotatable bonds is 4. The topological polar surface area (TPSA) is 62.3 Å². The quantitative estimate of drug-likeness (QED) is 0.493. The summed E-state index contributed by atoms with van der Waals surface area (Å²) in [5.74, 6) is 0.247. The summed E-state index contributed by atoms with van der Waals surface area (Å²) in [7, 11) is 0. The van der Waals surface area contributed by atoms with Gasteiger partial charge in [0.2, 0.25) is 0 Å². The van der Waals surface area contributed by atoms with Crippen LogP contribution in [0.5, 0.6) is 0 Å². The van der Waals surface area contributed by atoms with E-state index in [1.807, 2.05) is 6.92 Å². The summed E-state index contributed by atoms with van der Waals surface area (Å²) in [6, 6.07) is 0. The largest absolute Gasteiger partial charge is 0.387 e. The lowest BCUT2D eigenvalue weighted by molar-refractivity contribution is 0.0103. The lowest BCUT2D eigenvalue weighted by atomic mass is 10.1. The van der Waals surface area contributed by atoms with Crippen LogP contribution in [0.15, 0.2) is 0 Å². The Morgan fingerprint density at radius 1 is 1.69 bits per heavy atom. The zero-order valence-corrected chi connectivity index (χ0v) is 8.25. The second kappa shape index (κ2) is 5.19. The Hall–Kier alpha value is -0.610. The number of hydrogen-bond donors (Lipinski definition) is 2. The molecule has 0 saturated carbocycles. The molecule has 1 unspecified atom stereocenters. The number of likely N-dealkylation sites (tertiary alicyclic amines) is 1. The van der Waals surface area contributed by atoms with E-state index in [1.165, 1.54) is 0 Å². The van der Waals surface area contributed by atoms with Crippen molar-refractivity contribution in [3.8, 4) is 0 Å². The van der Waals surface area contributed by atoms with Gasteiger partial charge in [0.15, 0.2) is 0 Å². The molecule has 0 aromatic heterocycles. The van der Waals surface area contributed by atoms with E-state index in [4.69, 9.17) is 15.9 Å². The maximum absolute atomic E-state index is 7.19. The van der Waals surface area contributed by atoms with Crippen LogP contribution in [0.25, 0.3) is 0 Å². The number of nitrogens with zero attached hydrogens (tertiary/aromatic N) is 1. The van der Waals surface area contributed by atoms with Crippen LogP contribution in [0, 0.1) is 5.41 Å². The van der Waals surface area contributed by atoms with Gasteiger partial charge in [0.1, 0.15) is 5.84 Å². The highest BCUT2D eigenvalue weighted by atomic mass is 16.5. The molecule has 1 aliphatic heterocycles. The summed E-state index contributed by atoms with van der Waals surface area (Å²) >= 11 is 0. The molecule has 4 heteroatoms. The zero-order chi connectivity index (χ0) is 9.68. The number of nitrogens with one attached hydrogen (secondary N) is 1. The van der Waals surface area contributed by atoms with Gasteiger partial charge >= 0.3 is 0 Å². The third kappa shape index (κ3) is 3.74. The van der Waals surface area contributed by atoms with E-state index in [2.05, 4.69) is 4.90 Å². The molecule has 3 N–H and O–H groups in total. The van der Waals surface area contributed by atoms with E-state index >= 15 is 0 Å². The Bertz CT molecular complexity index is 170. The average Bonchev–Trinajstić information content (AvgIpc) is 2.04. The Morgan fingerprint density at radius 3 is 3.08 bits per heavy atom. The first-order valence-corrected chi connectivity index (χ1v) is 4.89. The predicted molar refractivity (Wildman–Crippen MR) is 53.0 cm³/mol. The van der Waals surface area contributed by atoms with Crippen molar-refractivity contribution in [2.45, 2.75) is 25.9 Å². The molecule has 1 aliphatic rings. The van der Waals surface area contributed by atoms with Gasteiger partial charge in [-0.05, 0) is 26.3 Å². The molecule has 0 radical (unpaired) electrons. The Balaban J connectivity index is 2.28. The first kappa shape index (κ1) is 10.5. The van der Waals surface area contributed by atoms with Gasteiger partial charge in [-0.25, -0.2) is 0 Å². The molecule has 0 bridgehead atoms. The van der Waals surface area contributed by atoms with Crippen molar-refractivity contribution >= 4 is 5.84 Å². The van der Waals surface area contributed by atoms with Crippen LogP contribution < -0.4 is 5.73 Å². The van der Waals surface area contributed by atoms with Crippen LogP contribution in [0.1, 0.15) is 19.8 Å². The van der Waals surface area contributed by atoms with Gasteiger partial charge in [-0.1, -0.05) is 0 Å². The van der Waals surface area contributed by atoms with Crippen LogP contribution in [-0.4, -0.2) is 43.1 Å². The summed E-state index contributed by atoms with van der Waals surface area (Å²) in [4.78, 5) is 2.19. The maximum atomic E-state index is 7.19. The highest BCUT2D eigenvalue weighted by molar-refractivity contribution is 5.78. The Morgan fingerprint density at radius 2 is 2.46 bits per heavy atom. The first-order chi connectivity index (χ1) is 6.22. The zero-order valence-electron chi connectivity index (χ0n) is 8.25. The van der Waals surface area contributed by atoms with Crippen molar-refractivity contribution in [3.63, 3.8) is 0 Å². The van der Waals surface area contributed by atoms with Gasteiger partial charge < -0.3 is 10.5 Å². The Kier molecular flexibility index (Phi) is 4.18. The number of ether oxygens (including phenoxy) is 1. The molecular weight excluding hydrogens is 166 g/mol. The van der Waals surface area contributed by atoms with Gasteiger partial charge in [-0.2, -0.15) is 0 Å². The van der Waals surface area contributed by atoms with Gasteiger partial charge in [-0.3, -0.25) is 10.3 Å². The monoisotopic (exact) mass is 185 g/mol. The summed E-state index contributed by atoms with van der Waals surface area (Å²) in [5.41, 5.74) is 5.34. The maximum Gasteiger partial charge on any atom is 0.105 e. The van der Waals surface area contributed by atoms with Crippen molar-refractivity contribution < 1.29 is 4.74 Å². The molecule has 0 aromatic rings. The van der Waals surface area contributed by atoms with Crippen LogP contribution in [-0.2, 0) is 4.74 Å². The smallest absolute Gasteiger partial charge is 0.105 e. The minimum atomic E-state index is 0.247. The highest BCUT2D eigenvalue weighted by Crippen LogP contribution is 2.12. The van der Waals surface area contributed by atoms with E-state index in [0.29, 0.717) is 12.6 Å². The third-order valence-electron chi connectivity index (χ3n) is 2.26. The highest BCUT2D eigenvalue weighted by Gasteiger charge is 2.19. The molecule has 0 aromatic carbocycles. The lowest BCUT2D eigenvalue weighted by Crippen LogP contribution is -2.43. The average molecular weight is 185 g/mol. The van der Waals surface area contributed by atoms with Crippen molar-refractivity contribution in [1.82, 2.24) is 4.90 Å². The second-order valence-corrected chi connectivity index (χ2v) is 3.48. The summed E-state index contributed by atoms with van der Waals surface area (Å²) in [5, 5.41) is 7.19. The molecule has 1 saturated heterocycles. The standard InChI is InChI=1S/C9H19N3O/c1-2-13-8-4-3-5-12(6-8)7-9(10)11/h8H,2-7H2,1H3,(H3,10,11). The van der Waals surface area contributed by atoms with Crippen molar-refractivity contribution in [2.75, 3.05) is 26.2 Å². The lowest BCUT2D eigenvalue weighted by Gasteiger charge is -2.31. The third-order valence-corrected chi connectivity index (χ3v) is 2.26. The number of amidine groups is 1. The molecule has 76 valence electrons. The van der Waals surface area contributed by atoms with Crippen molar-refractivity contribution in [3.05, 3.63) is 0 Å². The van der Waals surface area contributed by atoms with E-state index in [9.17, 15) is 0 Å². The van der Waals surface area contributed by atoms with Gasteiger partial charge in [-0.15, -0.1) is 0 Å². The van der Waals surface area contributed by atoms with Gasteiger partial charge in [0, 0.05) is 13.2 Å². The van der Waals surface area contributed by atoms with E-state index in [-0.39, 0.29) is 5.84 Å². The molecular formula is C9H19N3O. The molecule has 1 fully saturated rings. The predicted octanol–water partition coefficient (Wildman–Crippen LogP) is 0.423. The summed E-state index contributed by atoms with van der Waals surface area (Å²) in [6.45, 7) is 5.35. The van der Waals surface area contributed by atoms with Crippen LogP contribution in [0.3, 0.4) is 0 Å². The van der Waals surface area contributed by atoms with Gasteiger partial charge in [0.25, 0.3) is 0 Å². The fourth-order valence-corrected chi connectivity index (χ4v) is 1.77. The van der Waals surface area contributed by atoms with Crippen LogP contribution in [0.4, 0.5) is 0 Å². The summed E-state index contributed by atoms with van der Waals surface area (Å²) < 4.78 is 5.54. The fourth-order valence-electron chi connectivity index (χ4n) is 1.77. The number of hydrogen-bond acceptors (Lipinski definition) is 3. The Labute approximate surface area is 79.6 Å². The number of nitrogens with two attached hydrogens (primary N) is 1. The van der Waals surface area contributed by atoms with Crippen molar-refractivity contribution in [1.29, 1.82) is 5.41 Å². The minimum Gasteiger partial charge on any atom is -0.387 e. The van der Waals surface area contributed by atoms with Crippen LogP contribution >= 0.6 is 0 Å². The van der Waals surface area contributed by atoms with E-state index in [0.717, 1.165) is 32.5 Å². The SMILES string of the molecule is CCOC1CCCN(CC(=N)N)C1. The summed E-state index contributed by atoms with van der Waals surface area (Å²) in [6.07, 6.45) is 2.64. The van der Waals surface area contributed by atoms with E-state index < -0.39 is 0 Å². The second-order valence-electron chi connectivity index (χ2n) is 3.48. The van der Waals surface area contributed by atoms with Crippen LogP contribution in [0.2, 0.25) is 0 Å². The molecule has 0 amide bonds. The molecule has 1 heterocycles. The van der Waals surface area contributed by atoms with Gasteiger partial charge in [0.05, 0.1) is 12.6 Å². The van der Waals surface area contributed by atoms with Crippen molar-refractivity contribution in [2.24, 2.45) is 5.73 Å². The molecule has 0 aliphatic carbocycles. The molecule has 13 heavy (non-hydrogen) atoms. The normalized spacial score (nSPS) is 24.5. The molecule has 0 spiro atoms. The first-order valence-electron chi connectivity index (χ1n) is 4.89.